The first-order valence-corrected chi connectivity index (χ1v) is 11.3. The predicted octanol–water partition coefficient (Wildman–Crippen LogP) is 2.70. The Morgan fingerprint density at radius 3 is 2.50 bits per heavy atom. The van der Waals surface area contributed by atoms with Crippen LogP contribution in [-0.4, -0.2) is 53.9 Å². The van der Waals surface area contributed by atoms with E-state index in [9.17, 15) is 13.2 Å². The number of nitrogens with zero attached hydrogens (tertiary/aromatic N) is 3. The van der Waals surface area contributed by atoms with Gasteiger partial charge in [0.2, 0.25) is 10.0 Å². The molecule has 1 saturated heterocycles. The van der Waals surface area contributed by atoms with Crippen molar-refractivity contribution in [2.24, 2.45) is 0 Å². The fourth-order valence-corrected chi connectivity index (χ4v) is 5.19. The number of hydrogen-bond donors (Lipinski definition) is 0. The Balaban J connectivity index is 1.70. The molecule has 0 atom stereocenters. The lowest BCUT2D eigenvalue weighted by Crippen LogP contribution is -2.40. The highest BCUT2D eigenvalue weighted by Crippen LogP contribution is 2.42. The van der Waals surface area contributed by atoms with Crippen LogP contribution >= 0.6 is 0 Å². The second kappa shape index (κ2) is 8.08. The standard InChI is InChI=1S/C18H29N3O4S/c1-3-5-12-26(23,24)20-10-8-15(9-11-20)21-17(14-6-7-14)13-16(19-21)18(22)25-4-2/h13-15H,3-12H2,1-2H3. The lowest BCUT2D eigenvalue weighted by atomic mass is 10.1. The van der Waals surface area contributed by atoms with Crippen molar-refractivity contribution in [1.82, 2.24) is 14.1 Å². The fourth-order valence-electron chi connectivity index (χ4n) is 3.51. The van der Waals surface area contributed by atoms with Gasteiger partial charge in [0.1, 0.15) is 0 Å². The van der Waals surface area contributed by atoms with E-state index in [2.05, 4.69) is 5.10 Å². The number of esters is 1. The lowest BCUT2D eigenvalue weighted by molar-refractivity contribution is 0.0517. The molecular formula is C18H29N3O4S. The van der Waals surface area contributed by atoms with E-state index in [1.165, 1.54) is 0 Å². The second-order valence-electron chi connectivity index (χ2n) is 7.19. The monoisotopic (exact) mass is 383 g/mol. The van der Waals surface area contributed by atoms with Crippen molar-refractivity contribution in [3.8, 4) is 0 Å². The van der Waals surface area contributed by atoms with Crippen LogP contribution in [0.4, 0.5) is 0 Å². The van der Waals surface area contributed by atoms with E-state index in [-0.39, 0.29) is 17.8 Å². The summed E-state index contributed by atoms with van der Waals surface area (Å²) >= 11 is 0. The summed E-state index contributed by atoms with van der Waals surface area (Å²) in [6.07, 6.45) is 5.29. The van der Waals surface area contributed by atoms with E-state index in [0.29, 0.717) is 37.7 Å². The number of rotatable bonds is 8. The van der Waals surface area contributed by atoms with Gasteiger partial charge in [0, 0.05) is 24.7 Å². The normalized spacial score (nSPS) is 19.6. The Hall–Kier alpha value is -1.41. The largest absolute Gasteiger partial charge is 0.461 e. The highest BCUT2D eigenvalue weighted by Gasteiger charge is 2.34. The summed E-state index contributed by atoms with van der Waals surface area (Å²) in [5, 5.41) is 4.52. The molecule has 0 amide bonds. The van der Waals surface area contributed by atoms with Gasteiger partial charge in [0.15, 0.2) is 5.69 Å². The van der Waals surface area contributed by atoms with E-state index in [0.717, 1.165) is 37.8 Å². The second-order valence-corrected chi connectivity index (χ2v) is 9.28. The first-order chi connectivity index (χ1) is 12.5. The number of carbonyl (C=O) groups excluding carboxylic acids is 1. The van der Waals surface area contributed by atoms with Crippen molar-refractivity contribution in [2.75, 3.05) is 25.4 Å². The third kappa shape index (κ3) is 4.28. The van der Waals surface area contributed by atoms with E-state index < -0.39 is 10.0 Å². The third-order valence-electron chi connectivity index (χ3n) is 5.16. The zero-order chi connectivity index (χ0) is 18.7. The summed E-state index contributed by atoms with van der Waals surface area (Å²) < 4.78 is 33.4. The van der Waals surface area contributed by atoms with Crippen molar-refractivity contribution < 1.29 is 17.9 Å². The summed E-state index contributed by atoms with van der Waals surface area (Å²) in [5.41, 5.74) is 1.46. The predicted molar refractivity (Wildman–Crippen MR) is 98.7 cm³/mol. The van der Waals surface area contributed by atoms with Crippen molar-refractivity contribution in [2.45, 2.75) is 64.3 Å². The maximum atomic E-state index is 12.4. The molecule has 1 aliphatic heterocycles. The molecule has 1 aromatic rings. The molecule has 0 bridgehead atoms. The van der Waals surface area contributed by atoms with E-state index in [1.54, 1.807) is 11.2 Å². The van der Waals surface area contributed by atoms with Gasteiger partial charge >= 0.3 is 5.97 Å². The van der Waals surface area contributed by atoms with Crippen molar-refractivity contribution in [3.63, 3.8) is 0 Å². The molecule has 0 radical (unpaired) electrons. The molecule has 1 aromatic heterocycles. The third-order valence-corrected chi connectivity index (χ3v) is 7.12. The average Bonchev–Trinajstić information content (AvgIpc) is 3.38. The van der Waals surface area contributed by atoms with Crippen LogP contribution in [0.5, 0.6) is 0 Å². The van der Waals surface area contributed by atoms with Gasteiger partial charge in [0.25, 0.3) is 0 Å². The topological polar surface area (TPSA) is 81.5 Å². The molecule has 0 spiro atoms. The molecule has 26 heavy (non-hydrogen) atoms. The molecule has 3 rings (SSSR count). The molecule has 1 aliphatic carbocycles. The molecular weight excluding hydrogens is 354 g/mol. The maximum absolute atomic E-state index is 12.4. The first-order valence-electron chi connectivity index (χ1n) is 9.70. The van der Waals surface area contributed by atoms with Crippen LogP contribution in [0.1, 0.15) is 80.5 Å². The quantitative estimate of drug-likeness (QED) is 0.645. The number of hydrogen-bond acceptors (Lipinski definition) is 5. The Morgan fingerprint density at radius 2 is 1.92 bits per heavy atom. The molecule has 7 nitrogen and oxygen atoms in total. The van der Waals surface area contributed by atoms with E-state index in [1.807, 2.05) is 17.7 Å². The van der Waals surface area contributed by atoms with Crippen molar-refractivity contribution in [1.29, 1.82) is 0 Å². The summed E-state index contributed by atoms with van der Waals surface area (Å²) in [4.78, 5) is 12.0. The molecule has 0 unspecified atom stereocenters. The van der Waals surface area contributed by atoms with E-state index in [4.69, 9.17) is 4.74 Å². The van der Waals surface area contributed by atoms with Crippen LogP contribution in [0, 0.1) is 0 Å². The summed E-state index contributed by atoms with van der Waals surface area (Å²) in [6, 6.07) is 2.01. The van der Waals surface area contributed by atoms with E-state index >= 15 is 0 Å². The van der Waals surface area contributed by atoms with Gasteiger partial charge in [-0.1, -0.05) is 13.3 Å². The number of ether oxygens (including phenoxy) is 1. The minimum Gasteiger partial charge on any atom is -0.461 e. The molecule has 1 saturated carbocycles. The molecule has 146 valence electrons. The number of aromatic nitrogens is 2. The summed E-state index contributed by atoms with van der Waals surface area (Å²) in [7, 11) is -3.15. The number of unbranched alkanes of at least 4 members (excludes halogenated alkanes) is 1. The van der Waals surface area contributed by atoms with Crippen molar-refractivity contribution in [3.05, 3.63) is 17.5 Å². The molecule has 8 heteroatoms. The highest BCUT2D eigenvalue weighted by atomic mass is 32.2. The highest BCUT2D eigenvalue weighted by molar-refractivity contribution is 7.89. The molecule has 2 heterocycles. The molecule has 0 N–H and O–H groups in total. The first kappa shape index (κ1) is 19.4. The van der Waals surface area contributed by atoms with Gasteiger partial charge in [-0.25, -0.2) is 17.5 Å². The Morgan fingerprint density at radius 1 is 1.23 bits per heavy atom. The van der Waals surface area contributed by atoms with Crippen LogP contribution < -0.4 is 0 Å². The van der Waals surface area contributed by atoms with Gasteiger partial charge in [-0.05, 0) is 45.1 Å². The molecule has 2 aliphatic rings. The molecule has 0 aromatic carbocycles. The van der Waals surface area contributed by atoms with Crippen molar-refractivity contribution >= 4 is 16.0 Å². The van der Waals surface area contributed by atoms with Gasteiger partial charge in [0.05, 0.1) is 18.4 Å². The number of sulfonamides is 1. The minimum absolute atomic E-state index is 0.145. The number of piperidine rings is 1. The van der Waals surface area contributed by atoms with Crippen LogP contribution in [0.3, 0.4) is 0 Å². The SMILES string of the molecule is CCCCS(=O)(=O)N1CCC(n2nc(C(=O)OCC)cc2C2CC2)CC1. The average molecular weight is 384 g/mol. The minimum atomic E-state index is -3.15. The van der Waals surface area contributed by atoms with Gasteiger partial charge in [-0.15, -0.1) is 0 Å². The number of carbonyl (C=O) groups is 1. The summed E-state index contributed by atoms with van der Waals surface area (Å²) in [6.45, 7) is 5.16. The fraction of sp³-hybridized carbons (Fsp3) is 0.778. The Bertz CT molecular complexity index is 732. The zero-order valence-corrected chi connectivity index (χ0v) is 16.5. The van der Waals surface area contributed by atoms with Gasteiger partial charge in [-0.2, -0.15) is 5.10 Å². The van der Waals surface area contributed by atoms with Crippen LogP contribution in [0.25, 0.3) is 0 Å². The van der Waals surface area contributed by atoms with Crippen LogP contribution in [-0.2, 0) is 14.8 Å². The van der Waals surface area contributed by atoms with Crippen LogP contribution in [0.15, 0.2) is 6.07 Å². The maximum Gasteiger partial charge on any atom is 0.358 e. The Kier molecular flexibility index (Phi) is 6.02. The summed E-state index contributed by atoms with van der Waals surface area (Å²) in [5.74, 6) is 0.320. The van der Waals surface area contributed by atoms with Crippen LogP contribution in [0.2, 0.25) is 0 Å². The Labute approximate surface area is 155 Å². The smallest absolute Gasteiger partial charge is 0.358 e. The molecule has 2 fully saturated rings. The lowest BCUT2D eigenvalue weighted by Gasteiger charge is -2.32. The van der Waals surface area contributed by atoms with Gasteiger partial charge < -0.3 is 4.74 Å². The zero-order valence-electron chi connectivity index (χ0n) is 15.7. The van der Waals surface area contributed by atoms with Gasteiger partial charge in [-0.3, -0.25) is 4.68 Å².